The van der Waals surface area contributed by atoms with Crippen molar-refractivity contribution in [1.82, 2.24) is 4.98 Å². The first-order valence-electron chi connectivity index (χ1n) is 7.22. The number of nitrogens with zero attached hydrogens (tertiary/aromatic N) is 2. The van der Waals surface area contributed by atoms with E-state index >= 15 is 0 Å². The zero-order chi connectivity index (χ0) is 14.0. The zero-order valence-corrected chi connectivity index (χ0v) is 13.3. The first-order valence-corrected chi connectivity index (χ1v) is 7.75. The molecule has 0 unspecified atom stereocenters. The van der Waals surface area contributed by atoms with Crippen molar-refractivity contribution >= 4 is 17.4 Å². The minimum Gasteiger partial charge on any atom is -0.357 e. The van der Waals surface area contributed by atoms with Gasteiger partial charge in [0.25, 0.3) is 0 Å². The number of anilines is 1. The summed E-state index contributed by atoms with van der Waals surface area (Å²) < 4.78 is 0. The molecule has 1 fully saturated rings. The van der Waals surface area contributed by atoms with Crippen molar-refractivity contribution in [3.63, 3.8) is 0 Å². The van der Waals surface area contributed by atoms with Crippen LogP contribution >= 0.6 is 11.6 Å². The number of halogens is 1. The molecule has 0 amide bonds. The molecule has 1 aliphatic carbocycles. The summed E-state index contributed by atoms with van der Waals surface area (Å²) in [5.74, 6) is 1.63. The third-order valence-corrected chi connectivity index (χ3v) is 4.34. The molecule has 0 spiro atoms. The molecule has 1 saturated carbocycles. The second-order valence-corrected chi connectivity index (χ2v) is 6.92. The van der Waals surface area contributed by atoms with Crippen molar-refractivity contribution in [3.05, 3.63) is 23.4 Å². The van der Waals surface area contributed by atoms with Crippen LogP contribution in [0.25, 0.3) is 0 Å². The van der Waals surface area contributed by atoms with E-state index in [1.54, 1.807) is 0 Å². The lowest BCUT2D eigenvalue weighted by molar-refractivity contribution is 0.564. The van der Waals surface area contributed by atoms with Crippen LogP contribution in [0.2, 0.25) is 0 Å². The highest BCUT2D eigenvalue weighted by atomic mass is 35.5. The first-order chi connectivity index (χ1) is 8.91. The molecular formula is C16H25ClN2. The Morgan fingerprint density at radius 2 is 1.89 bits per heavy atom. The predicted octanol–water partition coefficient (Wildman–Crippen LogP) is 4.50. The molecule has 106 valence electrons. The summed E-state index contributed by atoms with van der Waals surface area (Å²) in [6.07, 6.45) is 5.26. The third kappa shape index (κ3) is 3.42. The van der Waals surface area contributed by atoms with Crippen LogP contribution in [-0.4, -0.2) is 18.1 Å². The average Bonchev–Trinajstić information content (AvgIpc) is 2.90. The van der Waals surface area contributed by atoms with Crippen molar-refractivity contribution in [1.29, 1.82) is 0 Å². The van der Waals surface area contributed by atoms with Gasteiger partial charge in [0.2, 0.25) is 0 Å². The van der Waals surface area contributed by atoms with Gasteiger partial charge in [0, 0.05) is 30.1 Å². The van der Waals surface area contributed by atoms with E-state index in [1.165, 1.54) is 31.2 Å². The summed E-state index contributed by atoms with van der Waals surface area (Å²) in [5.41, 5.74) is 2.36. The Balaban J connectivity index is 2.33. The highest BCUT2D eigenvalue weighted by Gasteiger charge is 2.23. The van der Waals surface area contributed by atoms with Crippen molar-refractivity contribution < 1.29 is 0 Å². The van der Waals surface area contributed by atoms with Gasteiger partial charge < -0.3 is 4.90 Å². The van der Waals surface area contributed by atoms with Crippen LogP contribution in [0.15, 0.2) is 12.1 Å². The van der Waals surface area contributed by atoms with Gasteiger partial charge >= 0.3 is 0 Å². The van der Waals surface area contributed by atoms with Crippen LogP contribution in [0.5, 0.6) is 0 Å². The van der Waals surface area contributed by atoms with Crippen LogP contribution < -0.4 is 4.90 Å². The molecule has 1 aliphatic rings. The Kier molecular flexibility index (Phi) is 4.39. The number of alkyl halides is 1. The molecule has 1 aromatic rings. The summed E-state index contributed by atoms with van der Waals surface area (Å²) in [4.78, 5) is 7.21. The molecule has 0 saturated heterocycles. The topological polar surface area (TPSA) is 16.1 Å². The Morgan fingerprint density at radius 3 is 2.42 bits per heavy atom. The van der Waals surface area contributed by atoms with Gasteiger partial charge in [-0.25, -0.2) is 4.98 Å². The van der Waals surface area contributed by atoms with Gasteiger partial charge in [-0.3, -0.25) is 0 Å². The van der Waals surface area contributed by atoms with Crippen molar-refractivity contribution in [2.75, 3.05) is 11.9 Å². The summed E-state index contributed by atoms with van der Waals surface area (Å²) in [6, 6.07) is 4.92. The lowest BCUT2D eigenvalue weighted by Gasteiger charge is -2.28. The number of pyridine rings is 1. The molecule has 2 nitrogen and oxygen atoms in total. The number of rotatable bonds is 3. The van der Waals surface area contributed by atoms with E-state index < -0.39 is 0 Å². The Morgan fingerprint density at radius 1 is 1.26 bits per heavy atom. The molecule has 1 heterocycles. The van der Waals surface area contributed by atoms with Crippen LogP contribution in [0, 0.1) is 0 Å². The van der Waals surface area contributed by atoms with Crippen LogP contribution in [0.1, 0.15) is 57.7 Å². The second kappa shape index (κ2) is 5.70. The minimum atomic E-state index is 0.0628. The van der Waals surface area contributed by atoms with E-state index in [2.05, 4.69) is 44.9 Å². The van der Waals surface area contributed by atoms with Crippen LogP contribution in [0.3, 0.4) is 0 Å². The standard InChI is InChI=1S/C16H25ClN2/c1-16(2,3)14-9-12(11-17)10-15(18-14)19(4)13-7-5-6-8-13/h9-10,13H,5-8,11H2,1-4H3. The van der Waals surface area contributed by atoms with Crippen LogP contribution in [-0.2, 0) is 11.3 Å². The smallest absolute Gasteiger partial charge is 0.129 e. The summed E-state index contributed by atoms with van der Waals surface area (Å²) in [6.45, 7) is 6.60. The normalized spacial score (nSPS) is 16.9. The van der Waals surface area contributed by atoms with Gasteiger partial charge in [-0.2, -0.15) is 0 Å². The van der Waals surface area contributed by atoms with Crippen molar-refractivity contribution in [2.45, 2.75) is 63.8 Å². The minimum absolute atomic E-state index is 0.0628. The zero-order valence-electron chi connectivity index (χ0n) is 12.5. The Labute approximate surface area is 122 Å². The fourth-order valence-electron chi connectivity index (χ4n) is 2.69. The third-order valence-electron chi connectivity index (χ3n) is 4.03. The molecule has 0 N–H and O–H groups in total. The summed E-state index contributed by atoms with van der Waals surface area (Å²) >= 11 is 6.04. The maximum atomic E-state index is 6.04. The van der Waals surface area contributed by atoms with E-state index in [-0.39, 0.29) is 5.41 Å². The highest BCUT2D eigenvalue weighted by Crippen LogP contribution is 2.29. The molecular weight excluding hydrogens is 256 g/mol. The molecule has 1 aromatic heterocycles. The molecule has 2 rings (SSSR count). The quantitative estimate of drug-likeness (QED) is 0.758. The highest BCUT2D eigenvalue weighted by molar-refractivity contribution is 6.17. The van der Waals surface area contributed by atoms with Crippen molar-refractivity contribution in [3.8, 4) is 0 Å². The molecule has 0 radical (unpaired) electrons. The fraction of sp³-hybridized carbons (Fsp3) is 0.688. The average molecular weight is 281 g/mol. The molecule has 0 atom stereocenters. The lowest BCUT2D eigenvalue weighted by atomic mass is 9.91. The van der Waals surface area contributed by atoms with E-state index in [9.17, 15) is 0 Å². The first kappa shape index (κ1) is 14.6. The van der Waals surface area contributed by atoms with Gasteiger partial charge in [0.05, 0.1) is 0 Å². The Bertz CT molecular complexity index is 431. The monoisotopic (exact) mass is 280 g/mol. The molecule has 19 heavy (non-hydrogen) atoms. The predicted molar refractivity (Wildman–Crippen MR) is 83.2 cm³/mol. The van der Waals surface area contributed by atoms with Gasteiger partial charge in [-0.1, -0.05) is 33.6 Å². The molecule has 0 aromatic carbocycles. The van der Waals surface area contributed by atoms with Crippen LogP contribution in [0.4, 0.5) is 5.82 Å². The van der Waals surface area contributed by atoms with E-state index in [1.807, 2.05) is 0 Å². The Hall–Kier alpha value is -0.760. The maximum absolute atomic E-state index is 6.04. The number of hydrogen-bond donors (Lipinski definition) is 0. The van der Waals surface area contributed by atoms with Gasteiger partial charge in [-0.15, -0.1) is 11.6 Å². The lowest BCUT2D eigenvalue weighted by Crippen LogP contribution is -2.30. The summed E-state index contributed by atoms with van der Waals surface area (Å²) in [5, 5.41) is 0. The maximum Gasteiger partial charge on any atom is 0.129 e. The molecule has 3 heteroatoms. The van der Waals surface area contributed by atoms with E-state index in [0.717, 1.165) is 11.5 Å². The molecule has 0 aliphatic heterocycles. The van der Waals surface area contributed by atoms with Gasteiger partial charge in [0.1, 0.15) is 5.82 Å². The fourth-order valence-corrected chi connectivity index (χ4v) is 2.85. The van der Waals surface area contributed by atoms with E-state index in [0.29, 0.717) is 11.9 Å². The summed E-state index contributed by atoms with van der Waals surface area (Å²) in [7, 11) is 2.17. The largest absolute Gasteiger partial charge is 0.357 e. The van der Waals surface area contributed by atoms with Gasteiger partial charge in [-0.05, 0) is 30.5 Å². The SMILES string of the molecule is CN(c1cc(CCl)cc(C(C)(C)C)n1)C1CCCC1. The van der Waals surface area contributed by atoms with E-state index in [4.69, 9.17) is 16.6 Å². The number of hydrogen-bond acceptors (Lipinski definition) is 2. The van der Waals surface area contributed by atoms with Crippen molar-refractivity contribution in [2.24, 2.45) is 0 Å². The number of aromatic nitrogens is 1. The second-order valence-electron chi connectivity index (χ2n) is 6.65. The molecule has 0 bridgehead atoms. The van der Waals surface area contributed by atoms with Gasteiger partial charge in [0.15, 0.2) is 0 Å².